The van der Waals surface area contributed by atoms with Crippen LogP contribution in [-0.2, 0) is 4.79 Å². The van der Waals surface area contributed by atoms with E-state index in [1.54, 1.807) is 13.0 Å². The zero-order valence-corrected chi connectivity index (χ0v) is 11.1. The fourth-order valence-electron chi connectivity index (χ4n) is 1.26. The third-order valence-corrected chi connectivity index (χ3v) is 2.87. The van der Waals surface area contributed by atoms with Gasteiger partial charge in [-0.3, -0.25) is 0 Å². The van der Waals surface area contributed by atoms with Gasteiger partial charge in [-0.15, -0.1) is 0 Å². The Bertz CT molecular complexity index is 447. The Morgan fingerprint density at radius 2 is 2.17 bits per heavy atom. The highest BCUT2D eigenvalue weighted by molar-refractivity contribution is 9.10. The summed E-state index contributed by atoms with van der Waals surface area (Å²) in [5.74, 6) is -1.75. The topological polar surface area (TPSA) is 78.4 Å². The third-order valence-electron chi connectivity index (χ3n) is 2.21. The number of aliphatic carboxylic acids is 1. The van der Waals surface area contributed by atoms with E-state index in [2.05, 4.69) is 26.6 Å². The molecule has 5 nitrogen and oxygen atoms in total. The summed E-state index contributed by atoms with van der Waals surface area (Å²) in [6.45, 7) is 1.62. The number of carboxylic acid groups (broad SMARTS) is 1. The summed E-state index contributed by atoms with van der Waals surface area (Å²) >= 11 is 3.09. The number of nitrogens with one attached hydrogen (secondary N) is 2. The summed E-state index contributed by atoms with van der Waals surface area (Å²) in [4.78, 5) is 22.2. The lowest BCUT2D eigenvalue weighted by Crippen LogP contribution is -2.42. The zero-order valence-electron chi connectivity index (χ0n) is 9.54. The molecule has 0 heterocycles. The van der Waals surface area contributed by atoms with Gasteiger partial charge in [0.25, 0.3) is 0 Å². The van der Waals surface area contributed by atoms with Crippen molar-refractivity contribution in [1.29, 1.82) is 0 Å². The van der Waals surface area contributed by atoms with E-state index in [1.807, 2.05) is 0 Å². The minimum atomic E-state index is -1.14. The minimum absolute atomic E-state index is 0.0322. The van der Waals surface area contributed by atoms with Gasteiger partial charge in [-0.1, -0.05) is 13.0 Å². The van der Waals surface area contributed by atoms with Crippen molar-refractivity contribution in [2.45, 2.75) is 19.4 Å². The summed E-state index contributed by atoms with van der Waals surface area (Å²) in [5.41, 5.74) is -0.0322. The van der Waals surface area contributed by atoms with Crippen LogP contribution in [-0.4, -0.2) is 23.1 Å². The first-order valence-corrected chi connectivity index (χ1v) is 5.99. The molecule has 1 atom stereocenters. The quantitative estimate of drug-likeness (QED) is 0.798. The average Bonchev–Trinajstić information content (AvgIpc) is 2.30. The number of amides is 2. The Kier molecular flexibility index (Phi) is 5.08. The maximum absolute atomic E-state index is 13.4. The molecule has 0 aliphatic heterocycles. The van der Waals surface area contributed by atoms with Crippen molar-refractivity contribution in [3.63, 3.8) is 0 Å². The van der Waals surface area contributed by atoms with Crippen LogP contribution in [0.4, 0.5) is 14.9 Å². The molecular formula is C11H12BrFN2O3. The number of anilines is 1. The number of para-hydroxylation sites is 1. The van der Waals surface area contributed by atoms with E-state index in [9.17, 15) is 14.0 Å². The van der Waals surface area contributed by atoms with Crippen LogP contribution in [0.15, 0.2) is 22.7 Å². The fourth-order valence-corrected chi connectivity index (χ4v) is 1.70. The van der Waals surface area contributed by atoms with Crippen LogP contribution >= 0.6 is 15.9 Å². The molecule has 0 unspecified atom stereocenters. The monoisotopic (exact) mass is 318 g/mol. The highest BCUT2D eigenvalue weighted by Crippen LogP contribution is 2.24. The molecule has 2 amide bonds. The molecule has 0 saturated heterocycles. The molecule has 0 aliphatic carbocycles. The first-order chi connectivity index (χ1) is 8.45. The zero-order chi connectivity index (χ0) is 13.7. The summed E-state index contributed by atoms with van der Waals surface area (Å²) in [5, 5.41) is 13.3. The van der Waals surface area contributed by atoms with E-state index in [0.717, 1.165) is 0 Å². The Morgan fingerprint density at radius 3 is 2.67 bits per heavy atom. The number of hydrogen-bond donors (Lipinski definition) is 3. The van der Waals surface area contributed by atoms with Gasteiger partial charge in [0.1, 0.15) is 11.9 Å². The Balaban J connectivity index is 2.73. The molecule has 98 valence electrons. The van der Waals surface area contributed by atoms with Gasteiger partial charge in [0, 0.05) is 4.47 Å². The highest BCUT2D eigenvalue weighted by atomic mass is 79.9. The Labute approximate surface area is 112 Å². The molecule has 1 rings (SSSR count). The van der Waals surface area contributed by atoms with Crippen molar-refractivity contribution in [1.82, 2.24) is 5.32 Å². The second-order valence-corrected chi connectivity index (χ2v) is 4.35. The maximum Gasteiger partial charge on any atom is 0.326 e. The van der Waals surface area contributed by atoms with E-state index < -0.39 is 23.9 Å². The van der Waals surface area contributed by atoms with Gasteiger partial charge in [-0.25, -0.2) is 14.0 Å². The van der Waals surface area contributed by atoms with E-state index in [-0.39, 0.29) is 12.1 Å². The second kappa shape index (κ2) is 6.34. The first kappa shape index (κ1) is 14.4. The first-order valence-electron chi connectivity index (χ1n) is 5.20. The molecule has 18 heavy (non-hydrogen) atoms. The number of urea groups is 1. The van der Waals surface area contributed by atoms with Crippen molar-refractivity contribution in [3.8, 4) is 0 Å². The summed E-state index contributed by atoms with van der Waals surface area (Å²) < 4.78 is 13.8. The summed E-state index contributed by atoms with van der Waals surface area (Å²) in [6.07, 6.45) is 0.237. The number of halogens is 2. The van der Waals surface area contributed by atoms with Crippen molar-refractivity contribution >= 4 is 33.6 Å². The van der Waals surface area contributed by atoms with E-state index in [4.69, 9.17) is 5.11 Å². The van der Waals surface area contributed by atoms with E-state index in [1.165, 1.54) is 12.1 Å². The molecular weight excluding hydrogens is 307 g/mol. The lowest BCUT2D eigenvalue weighted by Gasteiger charge is -2.14. The van der Waals surface area contributed by atoms with Crippen LogP contribution in [0.1, 0.15) is 13.3 Å². The molecule has 0 spiro atoms. The smallest absolute Gasteiger partial charge is 0.326 e. The van der Waals surface area contributed by atoms with Crippen LogP contribution in [0.3, 0.4) is 0 Å². The summed E-state index contributed by atoms with van der Waals surface area (Å²) in [7, 11) is 0. The number of rotatable bonds is 4. The van der Waals surface area contributed by atoms with Crippen LogP contribution in [0, 0.1) is 5.82 Å². The largest absolute Gasteiger partial charge is 0.480 e. The van der Waals surface area contributed by atoms with Crippen molar-refractivity contribution in [2.75, 3.05) is 5.32 Å². The molecule has 0 fully saturated rings. The number of carboxylic acids is 1. The molecule has 1 aromatic rings. The SMILES string of the molecule is CC[C@H](NC(=O)Nc1c(F)cccc1Br)C(=O)O. The van der Waals surface area contributed by atoms with Crippen LogP contribution in [0.5, 0.6) is 0 Å². The van der Waals surface area contributed by atoms with Crippen LogP contribution in [0.25, 0.3) is 0 Å². The third kappa shape index (κ3) is 3.69. The molecule has 0 saturated carbocycles. The predicted octanol–water partition coefficient (Wildman–Crippen LogP) is 2.57. The molecule has 0 bridgehead atoms. The molecule has 3 N–H and O–H groups in total. The molecule has 7 heteroatoms. The van der Waals surface area contributed by atoms with Gasteiger partial charge in [-0.05, 0) is 34.5 Å². The highest BCUT2D eigenvalue weighted by Gasteiger charge is 2.18. The predicted molar refractivity (Wildman–Crippen MR) is 68.0 cm³/mol. The number of hydrogen-bond acceptors (Lipinski definition) is 2. The lowest BCUT2D eigenvalue weighted by molar-refractivity contribution is -0.139. The van der Waals surface area contributed by atoms with Gasteiger partial charge in [0.05, 0.1) is 5.69 Å². The number of carbonyl (C=O) groups is 2. The Morgan fingerprint density at radius 1 is 1.50 bits per heavy atom. The van der Waals surface area contributed by atoms with Crippen molar-refractivity contribution < 1.29 is 19.1 Å². The lowest BCUT2D eigenvalue weighted by atomic mass is 10.2. The number of carbonyl (C=O) groups excluding carboxylic acids is 1. The number of benzene rings is 1. The molecule has 1 aromatic carbocycles. The van der Waals surface area contributed by atoms with Gasteiger partial charge in [0.15, 0.2) is 0 Å². The molecule has 0 radical (unpaired) electrons. The van der Waals surface area contributed by atoms with Gasteiger partial charge in [-0.2, -0.15) is 0 Å². The fraction of sp³-hybridized carbons (Fsp3) is 0.273. The van der Waals surface area contributed by atoms with Gasteiger partial charge >= 0.3 is 12.0 Å². The summed E-state index contributed by atoms with van der Waals surface area (Å²) in [6, 6.07) is 2.46. The second-order valence-electron chi connectivity index (χ2n) is 3.49. The van der Waals surface area contributed by atoms with Crippen LogP contribution in [0.2, 0.25) is 0 Å². The molecule has 0 aliphatic rings. The normalized spacial score (nSPS) is 11.7. The molecule has 0 aromatic heterocycles. The Hall–Kier alpha value is -1.63. The van der Waals surface area contributed by atoms with Crippen molar-refractivity contribution in [3.05, 3.63) is 28.5 Å². The standard InChI is InChI=1S/C11H12BrFN2O3/c1-2-8(10(16)17)14-11(18)15-9-6(12)4-3-5-7(9)13/h3-5,8H,2H2,1H3,(H,16,17)(H2,14,15,18)/t8-/m0/s1. The maximum atomic E-state index is 13.4. The minimum Gasteiger partial charge on any atom is -0.480 e. The van der Waals surface area contributed by atoms with Gasteiger partial charge in [0.2, 0.25) is 0 Å². The van der Waals surface area contributed by atoms with Crippen molar-refractivity contribution in [2.24, 2.45) is 0 Å². The average molecular weight is 319 g/mol. The van der Waals surface area contributed by atoms with E-state index >= 15 is 0 Å². The van der Waals surface area contributed by atoms with Crippen LogP contribution < -0.4 is 10.6 Å². The van der Waals surface area contributed by atoms with E-state index in [0.29, 0.717) is 4.47 Å². The van der Waals surface area contributed by atoms with Gasteiger partial charge < -0.3 is 15.7 Å².